The highest BCUT2D eigenvalue weighted by molar-refractivity contribution is 5.97. The van der Waals surface area contributed by atoms with E-state index in [4.69, 9.17) is 35.2 Å². The number of benzene rings is 4. The summed E-state index contributed by atoms with van der Waals surface area (Å²) in [6, 6.07) is 19.4. The Morgan fingerprint density at radius 1 is 0.486 bits per heavy atom. The highest BCUT2D eigenvalue weighted by atomic mass is 19.4. The van der Waals surface area contributed by atoms with E-state index in [-0.39, 0.29) is 95.9 Å². The zero-order valence-electron chi connectivity index (χ0n) is 64.4. The minimum atomic E-state index is -5.08. The lowest BCUT2D eigenvalue weighted by Crippen LogP contribution is -2.57. The molecule has 0 heterocycles. The molecule has 4 aromatic carbocycles. The molecule has 4 rings (SSSR count). The molecule has 0 spiro atoms. The summed E-state index contributed by atoms with van der Waals surface area (Å²) in [5.74, 6) is -9.78. The monoisotopic (exact) mass is 1530 g/mol. The van der Waals surface area contributed by atoms with Gasteiger partial charge in [0, 0.05) is 62.7 Å². The zero-order chi connectivity index (χ0) is 82.6. The van der Waals surface area contributed by atoms with Crippen molar-refractivity contribution < 1.29 is 95.4 Å². The molecule has 0 radical (unpaired) electrons. The van der Waals surface area contributed by atoms with Crippen LogP contribution in [0.15, 0.2) is 95.2 Å². The zero-order valence-corrected chi connectivity index (χ0v) is 64.4. The summed E-state index contributed by atoms with van der Waals surface area (Å²) < 4.78 is 47.6. The van der Waals surface area contributed by atoms with Gasteiger partial charge in [-0.15, -0.1) is 0 Å². The van der Waals surface area contributed by atoms with E-state index in [9.17, 15) is 71.3 Å². The van der Waals surface area contributed by atoms with Crippen molar-refractivity contribution in [3.05, 3.63) is 156 Å². The first-order valence-corrected chi connectivity index (χ1v) is 35.2. The molecule has 0 fully saturated rings. The van der Waals surface area contributed by atoms with Crippen LogP contribution < -0.4 is 42.5 Å². The maximum Gasteiger partial charge on any atom is 0.490 e. The van der Waals surface area contributed by atoms with E-state index in [1.165, 1.54) is 59.4 Å². The van der Waals surface area contributed by atoms with Gasteiger partial charge in [0.2, 0.25) is 47.3 Å². The first-order valence-electron chi connectivity index (χ1n) is 35.2. The number of esters is 1. The van der Waals surface area contributed by atoms with Crippen LogP contribution in [-0.2, 0) is 92.6 Å². The van der Waals surface area contributed by atoms with E-state index in [0.29, 0.717) is 5.56 Å². The normalized spacial score (nSPS) is 12.5. The number of aliphatic carboxylic acids is 2. The van der Waals surface area contributed by atoms with Crippen LogP contribution in [-0.4, -0.2) is 181 Å². The lowest BCUT2D eigenvalue weighted by Gasteiger charge is -2.27. The van der Waals surface area contributed by atoms with Gasteiger partial charge >= 0.3 is 24.1 Å². The Bertz CT molecular complexity index is 3670. The summed E-state index contributed by atoms with van der Waals surface area (Å²) in [5, 5.41) is 53.3. The van der Waals surface area contributed by atoms with Crippen molar-refractivity contribution >= 4 is 65.2 Å². The third-order valence-electron chi connectivity index (χ3n) is 15.8. The molecule has 0 aliphatic heterocycles. The van der Waals surface area contributed by atoms with Crippen LogP contribution in [0.5, 0.6) is 5.75 Å². The van der Waals surface area contributed by atoms with Crippen molar-refractivity contribution in [1.82, 2.24) is 42.5 Å². The van der Waals surface area contributed by atoms with Crippen LogP contribution >= 0.6 is 0 Å². The minimum absolute atomic E-state index is 0.0168. The number of azide groups is 2. The van der Waals surface area contributed by atoms with Gasteiger partial charge in [-0.25, -0.2) is 4.79 Å². The van der Waals surface area contributed by atoms with Gasteiger partial charge in [-0.2, -0.15) is 13.2 Å². The van der Waals surface area contributed by atoms with E-state index >= 15 is 0 Å². The number of ether oxygens (including phenoxy) is 3. The minimum Gasteiger partial charge on any atom is -0.508 e. The topological polar surface area (TPSA) is 470 Å². The second kappa shape index (κ2) is 50.7. The lowest BCUT2D eigenvalue weighted by molar-refractivity contribution is -0.192. The molecule has 0 bridgehead atoms. The van der Waals surface area contributed by atoms with Gasteiger partial charge in [-0.1, -0.05) is 111 Å². The van der Waals surface area contributed by atoms with Crippen LogP contribution in [0.4, 0.5) is 13.2 Å². The number of carboxylic acid groups (broad SMARTS) is 2. The van der Waals surface area contributed by atoms with Gasteiger partial charge in [0.05, 0.1) is 39.3 Å². The molecule has 0 aliphatic rings. The molecule has 0 aliphatic carbocycles. The van der Waals surface area contributed by atoms with E-state index in [0.717, 1.165) is 24.0 Å². The smallest absolute Gasteiger partial charge is 0.490 e. The van der Waals surface area contributed by atoms with Crippen molar-refractivity contribution in [2.75, 3.05) is 52.6 Å². The number of hydrogen-bond donors (Lipinski definition) is 11. The second-order valence-corrected chi connectivity index (χ2v) is 27.2. The first kappa shape index (κ1) is 96.2. The number of amides is 8. The van der Waals surface area contributed by atoms with Gasteiger partial charge < -0.3 is 72.1 Å². The fraction of sp³-hybridized carbons (Fsp3) is 0.533. The number of alkyl halides is 3. The van der Waals surface area contributed by atoms with Crippen molar-refractivity contribution in [2.24, 2.45) is 22.1 Å². The highest BCUT2D eigenvalue weighted by Crippen LogP contribution is 2.21. The van der Waals surface area contributed by atoms with Gasteiger partial charge in [0.15, 0.2) is 0 Å². The predicted molar refractivity (Wildman–Crippen MR) is 400 cm³/mol. The SMILES string of the molecule is CC(=O)N[C@@H](Cc1ccc(CCc2ccccc2)cc1)C(=O)N[C@H](CC(C)C)C(=O)N[C@@H](CC(=O)OC(C)(C)C)C(=O)NCCOCCN=[N+]=[N-].CC(=O)N[C@@H](Cc1ccc(O)cc1)C(=O)N[C@H](CC(C)C)C(=O)N[C@@H](CC(=O)O)C(=O)NCCOCCN=[N+]=[N-].Cc1cc(C)c(C)c(C)c1C.O=C(O)C(F)(F)F. The predicted octanol–water partition coefficient (Wildman–Crippen LogP) is 7.94. The van der Waals surface area contributed by atoms with Crippen molar-refractivity contribution in [3.63, 3.8) is 0 Å². The Morgan fingerprint density at radius 3 is 1.20 bits per heavy atom. The molecular formula is C75H107F3N14O17. The Morgan fingerprint density at radius 2 is 0.844 bits per heavy atom. The van der Waals surface area contributed by atoms with Crippen LogP contribution in [0.25, 0.3) is 20.9 Å². The molecule has 0 saturated heterocycles. The molecule has 6 atom stereocenters. The molecule has 0 unspecified atom stereocenters. The van der Waals surface area contributed by atoms with Gasteiger partial charge in [-0.05, 0) is 166 Å². The standard InChI is InChI=1S/C37H53N7O7.C25H37N7O8.C11H16.C2HF3O2/c1-25(2)22-30(35(48)43-32(24-33(46)51-37(4,5)6)34(47)39-18-20-50-21-19-40-44-38)42-36(49)31(41-26(3)45)23-29-16-14-28(15-17-29)13-12-27-10-8-7-9-11-27;1-15(2)12-19(30-25(39)20(29-16(3)33)13-17-4-6-18(34)7-5-17)24(38)31-21(14-22(35)36)23(37)27-8-10-40-11-9-28-32-26;1-7-6-8(2)10(4)11(5)9(7)3;3-2(4,5)1(6)7/h7-11,14-17,25,30-32H,12-13,18-24H2,1-6H3,(H,39,47)(H,41,45)(H,42,49)(H,43,48);4-7,15,19-21,34H,8-14H2,1-3H3,(H,27,37)(H,29,33)(H,30,39)(H,31,38)(H,35,36);6H,1-5H3;(H,6,7)/t30-,31+,32+;19-,20+,21+;;/m11../s1. The molecule has 600 valence electrons. The Kier molecular flexibility index (Phi) is 44.7. The van der Waals surface area contributed by atoms with Gasteiger partial charge in [0.1, 0.15) is 47.6 Å². The molecule has 0 saturated carbocycles. The Balaban J connectivity index is 0.000000898. The third-order valence-corrected chi connectivity index (χ3v) is 15.8. The highest BCUT2D eigenvalue weighted by Gasteiger charge is 2.38. The molecule has 109 heavy (non-hydrogen) atoms. The second-order valence-electron chi connectivity index (χ2n) is 27.2. The number of nitrogens with one attached hydrogen (secondary N) is 8. The van der Waals surface area contributed by atoms with Crippen LogP contribution in [0, 0.1) is 46.5 Å². The number of halogens is 3. The average Bonchev–Trinajstić information content (AvgIpc) is 0.848. The molecule has 34 heteroatoms. The third kappa shape index (κ3) is 42.9. The molecule has 4 aromatic rings. The summed E-state index contributed by atoms with van der Waals surface area (Å²) >= 11 is 0. The number of rotatable bonds is 39. The summed E-state index contributed by atoms with van der Waals surface area (Å²) in [6.07, 6.45) is -3.83. The van der Waals surface area contributed by atoms with E-state index in [2.05, 4.69) is 115 Å². The van der Waals surface area contributed by atoms with E-state index in [1.54, 1.807) is 32.9 Å². The molecule has 11 N–H and O–H groups in total. The number of carbonyl (C=O) groups excluding carboxylic acids is 9. The largest absolute Gasteiger partial charge is 0.508 e. The fourth-order valence-corrected chi connectivity index (χ4v) is 10.1. The van der Waals surface area contributed by atoms with Gasteiger partial charge in [-0.3, -0.25) is 47.9 Å². The number of phenolic OH excluding ortho intramolecular Hbond substituents is 1. The quantitative estimate of drug-likeness (QED) is 0.00663. The fourth-order valence-electron chi connectivity index (χ4n) is 10.1. The Labute approximate surface area is 633 Å². The van der Waals surface area contributed by atoms with E-state index in [1.807, 2.05) is 70.2 Å². The number of carbonyl (C=O) groups is 11. The van der Waals surface area contributed by atoms with Crippen molar-refractivity contribution in [2.45, 2.75) is 196 Å². The lowest BCUT2D eigenvalue weighted by atomic mass is 9.96. The first-order chi connectivity index (χ1) is 51.1. The maximum atomic E-state index is 13.7. The van der Waals surface area contributed by atoms with Crippen molar-refractivity contribution in [3.8, 4) is 5.75 Å². The average molecular weight is 1530 g/mol. The molecular weight excluding hydrogens is 1430 g/mol. The molecule has 0 aromatic heterocycles. The summed E-state index contributed by atoms with van der Waals surface area (Å²) in [7, 11) is 0. The van der Waals surface area contributed by atoms with E-state index < -0.39 is 126 Å². The molecule has 31 nitrogen and oxygen atoms in total. The summed E-state index contributed by atoms with van der Waals surface area (Å²) in [5.41, 5.74) is 26.8. The van der Waals surface area contributed by atoms with Crippen molar-refractivity contribution in [1.29, 1.82) is 0 Å². The van der Waals surface area contributed by atoms with Crippen LogP contribution in [0.1, 0.15) is 138 Å². The summed E-state index contributed by atoms with van der Waals surface area (Å²) in [4.78, 5) is 141. The number of aryl methyl sites for hydroxylation is 4. The van der Waals surface area contributed by atoms with Gasteiger partial charge in [0.25, 0.3) is 0 Å². The molecule has 8 amide bonds. The van der Waals surface area contributed by atoms with Crippen LogP contribution in [0.2, 0.25) is 0 Å². The van der Waals surface area contributed by atoms with Crippen LogP contribution in [0.3, 0.4) is 0 Å². The Hall–Kier alpha value is -10.8. The summed E-state index contributed by atoms with van der Waals surface area (Å²) in [6.45, 7) is 26.7. The number of hydrogen-bond acceptors (Lipinski definition) is 17. The maximum absolute atomic E-state index is 13.7. The number of carboxylic acids is 2. The number of nitrogens with zero attached hydrogens (tertiary/aromatic N) is 6. The number of phenols is 1. The number of aromatic hydroxyl groups is 1.